The molecule has 1 saturated heterocycles. The minimum atomic E-state index is 0.194. The molecule has 6 rings (SSSR count). The molecule has 4 heterocycles. The van der Waals surface area contributed by atoms with Crippen molar-refractivity contribution in [2.45, 2.75) is 38.3 Å². The number of hydrogen-bond donors (Lipinski definition) is 2. The zero-order valence-electron chi connectivity index (χ0n) is 21.1. The monoisotopic (exact) mass is 498 g/mol. The van der Waals surface area contributed by atoms with Crippen LogP contribution in [0.5, 0.6) is 0 Å². The van der Waals surface area contributed by atoms with Gasteiger partial charge in [0.05, 0.1) is 18.6 Å². The maximum atomic E-state index is 9.29. The minimum absolute atomic E-state index is 0.194. The van der Waals surface area contributed by atoms with Crippen LogP contribution in [0.25, 0.3) is 22.4 Å². The molecule has 2 aliphatic rings. The molecule has 2 N–H and O–H groups in total. The van der Waals surface area contributed by atoms with Gasteiger partial charge in [-0.1, -0.05) is 43.2 Å². The lowest BCUT2D eigenvalue weighted by molar-refractivity contribution is 0.188. The summed E-state index contributed by atoms with van der Waals surface area (Å²) in [6.07, 6.45) is 8.64. The Morgan fingerprint density at radius 3 is 2.46 bits per heavy atom. The lowest BCUT2D eigenvalue weighted by Crippen LogP contribution is -2.47. The number of nitrogens with one attached hydrogen (secondary N) is 1. The highest BCUT2D eigenvalue weighted by Gasteiger charge is 2.24. The third-order valence-corrected chi connectivity index (χ3v) is 7.57. The quantitative estimate of drug-likeness (QED) is 0.380. The Balaban J connectivity index is 1.26. The van der Waals surface area contributed by atoms with E-state index in [0.717, 1.165) is 60.4 Å². The molecule has 1 aliphatic heterocycles. The van der Waals surface area contributed by atoms with E-state index in [1.807, 2.05) is 30.7 Å². The van der Waals surface area contributed by atoms with Crippen molar-refractivity contribution < 1.29 is 5.11 Å². The van der Waals surface area contributed by atoms with Crippen molar-refractivity contribution in [2.75, 3.05) is 49.5 Å². The molecular formula is C28H34N8O. The van der Waals surface area contributed by atoms with Gasteiger partial charge in [0.25, 0.3) is 0 Å². The van der Waals surface area contributed by atoms with Gasteiger partial charge in [-0.15, -0.1) is 0 Å². The Hall–Kier alpha value is -3.56. The molecule has 3 aromatic heterocycles. The van der Waals surface area contributed by atoms with Crippen LogP contribution in [0.1, 0.15) is 37.3 Å². The first-order valence-electron chi connectivity index (χ1n) is 13.4. The predicted octanol–water partition coefficient (Wildman–Crippen LogP) is 3.73. The summed E-state index contributed by atoms with van der Waals surface area (Å²) in [5.41, 5.74) is 5.00. The molecule has 1 aliphatic carbocycles. The average Bonchev–Trinajstić information content (AvgIpc) is 3.63. The number of rotatable bonds is 8. The highest BCUT2D eigenvalue weighted by atomic mass is 16.3. The van der Waals surface area contributed by atoms with E-state index in [0.29, 0.717) is 19.1 Å². The number of piperazine rings is 1. The Kier molecular flexibility index (Phi) is 6.96. The summed E-state index contributed by atoms with van der Waals surface area (Å²) in [5.74, 6) is 1.53. The fraction of sp³-hybridized carbons (Fsp3) is 0.429. The average molecular weight is 499 g/mol. The van der Waals surface area contributed by atoms with E-state index in [9.17, 15) is 5.11 Å². The highest BCUT2D eigenvalue weighted by molar-refractivity contribution is 5.84. The number of hydrogen-bond acceptors (Lipinski definition) is 8. The number of fused-ring (bicyclic) bond motifs is 1. The van der Waals surface area contributed by atoms with Gasteiger partial charge < -0.3 is 19.9 Å². The van der Waals surface area contributed by atoms with E-state index in [2.05, 4.69) is 48.9 Å². The van der Waals surface area contributed by atoms with E-state index in [1.54, 1.807) is 0 Å². The van der Waals surface area contributed by atoms with E-state index >= 15 is 0 Å². The van der Waals surface area contributed by atoms with Crippen LogP contribution in [0, 0.1) is 0 Å². The molecule has 1 saturated carbocycles. The molecule has 0 atom stereocenters. The number of aliphatic hydroxyl groups is 1. The van der Waals surface area contributed by atoms with Crippen molar-refractivity contribution >= 4 is 22.9 Å². The molecule has 9 nitrogen and oxygen atoms in total. The smallest absolute Gasteiger partial charge is 0.229 e. The molecule has 0 radical (unpaired) electrons. The van der Waals surface area contributed by atoms with Crippen LogP contribution in [0.2, 0.25) is 0 Å². The van der Waals surface area contributed by atoms with Crippen LogP contribution in [-0.4, -0.2) is 73.8 Å². The normalized spacial score (nSPS) is 17.1. The first kappa shape index (κ1) is 23.8. The van der Waals surface area contributed by atoms with Crippen LogP contribution in [-0.2, 0) is 6.54 Å². The van der Waals surface area contributed by atoms with Crippen LogP contribution in [0.4, 0.5) is 11.8 Å². The lowest BCUT2D eigenvalue weighted by Gasteiger charge is -2.34. The standard InChI is InChI=1S/C28H34N8O/c37-18-17-34-13-15-35(16-14-34)28-32-26(25-27(33-28)36(20-31-25)23-5-1-2-6-23)30-19-21-8-10-22(11-9-21)24-7-3-4-12-29-24/h3-4,7-12,20,23,37H,1-2,5-6,13-19H2,(H,30,32,33). The lowest BCUT2D eigenvalue weighted by atomic mass is 10.1. The Bertz CT molecular complexity index is 1310. The zero-order chi connectivity index (χ0) is 25.0. The minimum Gasteiger partial charge on any atom is -0.395 e. The molecule has 9 heteroatoms. The summed E-state index contributed by atoms with van der Waals surface area (Å²) in [6, 6.07) is 14.9. The number of pyridine rings is 1. The van der Waals surface area contributed by atoms with E-state index in [4.69, 9.17) is 15.0 Å². The van der Waals surface area contributed by atoms with Crippen molar-refractivity contribution in [1.82, 2.24) is 29.4 Å². The van der Waals surface area contributed by atoms with Crippen LogP contribution < -0.4 is 10.2 Å². The molecular weight excluding hydrogens is 464 g/mol. The number of nitrogens with zero attached hydrogens (tertiary/aromatic N) is 7. The van der Waals surface area contributed by atoms with Gasteiger partial charge in [0.15, 0.2) is 17.0 Å². The van der Waals surface area contributed by atoms with Crippen LogP contribution in [0.15, 0.2) is 55.0 Å². The molecule has 0 unspecified atom stereocenters. The summed E-state index contributed by atoms with van der Waals surface area (Å²) < 4.78 is 2.27. The first-order valence-corrected chi connectivity index (χ1v) is 13.4. The SMILES string of the molecule is OCCN1CCN(c2nc(NCc3ccc(-c4ccccn4)cc3)c3ncn(C4CCCC4)c3n2)CC1. The number of β-amino-alcohol motifs (C(OH)–C–C–N with tert-alkyl or cyclic N) is 1. The third-order valence-electron chi connectivity index (χ3n) is 7.57. The van der Waals surface area contributed by atoms with E-state index < -0.39 is 0 Å². The molecule has 192 valence electrons. The van der Waals surface area contributed by atoms with Crippen molar-refractivity contribution in [3.8, 4) is 11.3 Å². The molecule has 0 bridgehead atoms. The number of aliphatic hydroxyl groups excluding tert-OH is 1. The maximum Gasteiger partial charge on any atom is 0.229 e. The van der Waals surface area contributed by atoms with Crippen LogP contribution in [0.3, 0.4) is 0 Å². The molecule has 4 aromatic rings. The van der Waals surface area contributed by atoms with Gasteiger partial charge in [-0.25, -0.2) is 4.98 Å². The number of aromatic nitrogens is 5. The molecule has 0 spiro atoms. The van der Waals surface area contributed by atoms with Gasteiger partial charge in [0, 0.05) is 57.1 Å². The largest absolute Gasteiger partial charge is 0.395 e. The second-order valence-corrected chi connectivity index (χ2v) is 9.95. The fourth-order valence-electron chi connectivity index (χ4n) is 5.44. The topological polar surface area (TPSA) is 95.2 Å². The van der Waals surface area contributed by atoms with Gasteiger partial charge >= 0.3 is 0 Å². The molecule has 1 aromatic carbocycles. The Labute approximate surface area is 217 Å². The second-order valence-electron chi connectivity index (χ2n) is 9.95. The van der Waals surface area contributed by atoms with Gasteiger partial charge in [-0.05, 0) is 30.5 Å². The summed E-state index contributed by atoms with van der Waals surface area (Å²) in [4.78, 5) is 23.8. The summed E-state index contributed by atoms with van der Waals surface area (Å²) in [5, 5.41) is 12.9. The van der Waals surface area contributed by atoms with Crippen molar-refractivity contribution in [2.24, 2.45) is 0 Å². The van der Waals surface area contributed by atoms with Crippen molar-refractivity contribution in [1.29, 1.82) is 0 Å². The number of imidazole rings is 1. The van der Waals surface area contributed by atoms with Gasteiger partial charge in [-0.3, -0.25) is 9.88 Å². The summed E-state index contributed by atoms with van der Waals surface area (Å²) in [6.45, 7) is 5.04. The predicted molar refractivity (Wildman–Crippen MR) is 146 cm³/mol. The maximum absolute atomic E-state index is 9.29. The summed E-state index contributed by atoms with van der Waals surface area (Å²) >= 11 is 0. The van der Waals surface area contributed by atoms with Crippen LogP contribution >= 0.6 is 0 Å². The third kappa shape index (κ3) is 5.14. The van der Waals surface area contributed by atoms with Gasteiger partial charge in [0.2, 0.25) is 5.95 Å². The molecule has 2 fully saturated rings. The Morgan fingerprint density at radius 2 is 1.73 bits per heavy atom. The zero-order valence-corrected chi connectivity index (χ0v) is 21.1. The Morgan fingerprint density at radius 1 is 0.919 bits per heavy atom. The molecule has 37 heavy (non-hydrogen) atoms. The van der Waals surface area contributed by atoms with E-state index in [-0.39, 0.29) is 6.61 Å². The van der Waals surface area contributed by atoms with Crippen molar-refractivity contribution in [3.63, 3.8) is 0 Å². The fourth-order valence-corrected chi connectivity index (χ4v) is 5.44. The number of anilines is 2. The highest BCUT2D eigenvalue weighted by Crippen LogP contribution is 2.33. The van der Waals surface area contributed by atoms with E-state index in [1.165, 1.54) is 31.2 Å². The van der Waals surface area contributed by atoms with Crippen molar-refractivity contribution in [3.05, 3.63) is 60.6 Å². The van der Waals surface area contributed by atoms with Gasteiger partial charge in [0.1, 0.15) is 0 Å². The number of benzene rings is 1. The second kappa shape index (κ2) is 10.8. The first-order chi connectivity index (χ1) is 18.3. The van der Waals surface area contributed by atoms with Gasteiger partial charge in [-0.2, -0.15) is 9.97 Å². The summed E-state index contributed by atoms with van der Waals surface area (Å²) in [7, 11) is 0. The molecule has 0 amide bonds.